The zero-order valence-electron chi connectivity index (χ0n) is 12.1. The van der Waals surface area contributed by atoms with Crippen molar-refractivity contribution >= 4 is 10.9 Å². The van der Waals surface area contributed by atoms with E-state index in [0.29, 0.717) is 0 Å². The van der Waals surface area contributed by atoms with Gasteiger partial charge in [0, 0.05) is 31.5 Å². The molecule has 0 aliphatic carbocycles. The van der Waals surface area contributed by atoms with Crippen LogP contribution in [0.5, 0.6) is 0 Å². The molecule has 1 aromatic heterocycles. The molecule has 2 aromatic rings. The van der Waals surface area contributed by atoms with Crippen molar-refractivity contribution in [1.82, 2.24) is 4.57 Å². The predicted octanol–water partition coefficient (Wildman–Crippen LogP) is 2.99. The van der Waals surface area contributed by atoms with Gasteiger partial charge in [-0.25, -0.2) is 0 Å². The second kappa shape index (κ2) is 5.98. The highest BCUT2D eigenvalue weighted by Crippen LogP contribution is 2.23. The van der Waals surface area contributed by atoms with Crippen molar-refractivity contribution in [2.24, 2.45) is 5.92 Å². The summed E-state index contributed by atoms with van der Waals surface area (Å²) in [5, 5.41) is 10.8. The first-order valence-corrected chi connectivity index (χ1v) is 7.56. The number of hydrogen-bond acceptors (Lipinski definition) is 2. The Morgan fingerprint density at radius 1 is 1.30 bits per heavy atom. The summed E-state index contributed by atoms with van der Waals surface area (Å²) in [6, 6.07) is 8.70. The van der Waals surface area contributed by atoms with E-state index in [-0.39, 0.29) is 6.10 Å². The molecular formula is C17H23NO2. The molecule has 1 atom stereocenters. The highest BCUT2D eigenvalue weighted by atomic mass is 16.5. The Morgan fingerprint density at radius 2 is 2.10 bits per heavy atom. The fraction of sp³-hybridized carbons (Fsp3) is 0.529. The van der Waals surface area contributed by atoms with Crippen LogP contribution in [-0.2, 0) is 17.7 Å². The van der Waals surface area contributed by atoms with Crippen LogP contribution in [-0.4, -0.2) is 29.0 Å². The Hall–Kier alpha value is -1.32. The van der Waals surface area contributed by atoms with Gasteiger partial charge in [0.25, 0.3) is 0 Å². The molecule has 0 saturated carbocycles. The largest absolute Gasteiger partial charge is 0.393 e. The number of hydrogen-bond donors (Lipinski definition) is 1. The van der Waals surface area contributed by atoms with Gasteiger partial charge in [-0.2, -0.15) is 0 Å². The molecule has 20 heavy (non-hydrogen) atoms. The number of benzene rings is 1. The maximum Gasteiger partial charge on any atom is 0.0552 e. The van der Waals surface area contributed by atoms with Crippen LogP contribution in [0.25, 0.3) is 10.9 Å². The summed E-state index contributed by atoms with van der Waals surface area (Å²) in [6.07, 6.45) is 4.96. The number of aliphatic hydroxyl groups excluding tert-OH is 1. The van der Waals surface area contributed by atoms with E-state index in [1.165, 1.54) is 29.3 Å². The normalized spacial score (nSPS) is 18.5. The number of aromatic nitrogens is 1. The molecule has 1 fully saturated rings. The molecule has 1 aliphatic rings. The second-order valence-electron chi connectivity index (χ2n) is 5.97. The van der Waals surface area contributed by atoms with E-state index in [2.05, 4.69) is 35.0 Å². The molecule has 1 unspecified atom stereocenters. The predicted molar refractivity (Wildman–Crippen MR) is 80.9 cm³/mol. The first-order valence-electron chi connectivity index (χ1n) is 7.56. The van der Waals surface area contributed by atoms with Crippen molar-refractivity contribution in [2.75, 3.05) is 13.2 Å². The van der Waals surface area contributed by atoms with Crippen molar-refractivity contribution < 1.29 is 9.84 Å². The van der Waals surface area contributed by atoms with Gasteiger partial charge in [-0.1, -0.05) is 6.07 Å². The van der Waals surface area contributed by atoms with Gasteiger partial charge in [0.1, 0.15) is 0 Å². The molecule has 0 spiro atoms. The van der Waals surface area contributed by atoms with Crippen molar-refractivity contribution in [3.63, 3.8) is 0 Å². The minimum Gasteiger partial charge on any atom is -0.393 e. The van der Waals surface area contributed by atoms with E-state index in [0.717, 1.165) is 32.1 Å². The highest BCUT2D eigenvalue weighted by Gasteiger charge is 2.15. The number of nitrogens with zero attached hydrogens (tertiary/aromatic N) is 1. The zero-order chi connectivity index (χ0) is 13.9. The maximum absolute atomic E-state index is 9.48. The summed E-state index contributed by atoms with van der Waals surface area (Å²) in [4.78, 5) is 0. The lowest BCUT2D eigenvalue weighted by Gasteiger charge is -2.22. The standard InChI is InChI=1S/C17H23NO2/c1-13(19)10-15-2-3-17-16(11-15)4-7-18(17)12-14-5-8-20-9-6-14/h2-4,7,11,13-14,19H,5-6,8-10,12H2,1H3. The first-order chi connectivity index (χ1) is 9.72. The molecule has 0 radical (unpaired) electrons. The summed E-state index contributed by atoms with van der Waals surface area (Å²) in [5.41, 5.74) is 2.50. The van der Waals surface area contributed by atoms with Crippen molar-refractivity contribution in [1.29, 1.82) is 0 Å². The van der Waals surface area contributed by atoms with Gasteiger partial charge in [0.05, 0.1) is 6.10 Å². The zero-order valence-corrected chi connectivity index (χ0v) is 12.1. The quantitative estimate of drug-likeness (QED) is 0.929. The number of ether oxygens (including phenoxy) is 1. The fourth-order valence-electron chi connectivity index (χ4n) is 3.08. The molecule has 3 rings (SSSR count). The topological polar surface area (TPSA) is 34.4 Å². The second-order valence-corrected chi connectivity index (χ2v) is 5.97. The average Bonchev–Trinajstić information content (AvgIpc) is 2.82. The molecule has 1 saturated heterocycles. The van der Waals surface area contributed by atoms with E-state index in [9.17, 15) is 5.11 Å². The molecule has 0 amide bonds. The lowest BCUT2D eigenvalue weighted by atomic mass is 10.0. The fourth-order valence-corrected chi connectivity index (χ4v) is 3.08. The third-order valence-corrected chi connectivity index (χ3v) is 4.16. The molecule has 1 N–H and O–H groups in total. The summed E-state index contributed by atoms with van der Waals surface area (Å²) in [6.45, 7) is 4.73. The van der Waals surface area contributed by atoms with Crippen molar-refractivity contribution in [3.05, 3.63) is 36.0 Å². The summed E-state index contributed by atoms with van der Waals surface area (Å²) in [5.74, 6) is 0.733. The molecule has 0 bridgehead atoms. The molecular weight excluding hydrogens is 250 g/mol. The van der Waals surface area contributed by atoms with Crippen molar-refractivity contribution in [3.8, 4) is 0 Å². The molecule has 1 aliphatic heterocycles. The van der Waals surface area contributed by atoms with Crippen LogP contribution in [0.2, 0.25) is 0 Å². The average molecular weight is 273 g/mol. The van der Waals surface area contributed by atoms with E-state index >= 15 is 0 Å². The lowest BCUT2D eigenvalue weighted by Crippen LogP contribution is -2.20. The van der Waals surface area contributed by atoms with Crippen LogP contribution in [0.15, 0.2) is 30.5 Å². The van der Waals surface area contributed by atoms with E-state index in [1.54, 1.807) is 0 Å². The Labute approximate surface area is 120 Å². The van der Waals surface area contributed by atoms with Crippen LogP contribution in [0.4, 0.5) is 0 Å². The molecule has 3 heteroatoms. The Morgan fingerprint density at radius 3 is 2.85 bits per heavy atom. The minimum atomic E-state index is -0.281. The Bertz CT molecular complexity index is 567. The SMILES string of the molecule is CC(O)Cc1ccc2c(ccn2CC2CCOCC2)c1. The molecule has 3 nitrogen and oxygen atoms in total. The molecule has 1 aromatic carbocycles. The number of fused-ring (bicyclic) bond motifs is 1. The summed E-state index contributed by atoms with van der Waals surface area (Å²) in [7, 11) is 0. The Balaban J connectivity index is 1.78. The third-order valence-electron chi connectivity index (χ3n) is 4.16. The van der Waals surface area contributed by atoms with Gasteiger partial charge in [-0.3, -0.25) is 0 Å². The van der Waals surface area contributed by atoms with Gasteiger partial charge in [-0.15, -0.1) is 0 Å². The van der Waals surface area contributed by atoms with Crippen LogP contribution >= 0.6 is 0 Å². The van der Waals surface area contributed by atoms with Gasteiger partial charge in [-0.05, 0) is 61.3 Å². The van der Waals surface area contributed by atoms with Crippen LogP contribution in [0, 0.1) is 5.92 Å². The number of aliphatic hydroxyl groups is 1. The van der Waals surface area contributed by atoms with Gasteiger partial charge in [0.15, 0.2) is 0 Å². The first kappa shape index (κ1) is 13.7. The smallest absolute Gasteiger partial charge is 0.0552 e. The highest BCUT2D eigenvalue weighted by molar-refractivity contribution is 5.80. The van der Waals surface area contributed by atoms with Crippen LogP contribution in [0.1, 0.15) is 25.3 Å². The van der Waals surface area contributed by atoms with E-state index in [4.69, 9.17) is 4.74 Å². The van der Waals surface area contributed by atoms with E-state index < -0.39 is 0 Å². The molecule has 108 valence electrons. The summed E-state index contributed by atoms with van der Waals surface area (Å²) < 4.78 is 7.78. The minimum absolute atomic E-state index is 0.281. The third kappa shape index (κ3) is 3.05. The van der Waals surface area contributed by atoms with Crippen LogP contribution < -0.4 is 0 Å². The monoisotopic (exact) mass is 273 g/mol. The van der Waals surface area contributed by atoms with Gasteiger partial charge in [0.2, 0.25) is 0 Å². The Kier molecular flexibility index (Phi) is 4.08. The van der Waals surface area contributed by atoms with Crippen molar-refractivity contribution in [2.45, 2.75) is 38.8 Å². The summed E-state index contributed by atoms with van der Waals surface area (Å²) >= 11 is 0. The van der Waals surface area contributed by atoms with Gasteiger partial charge >= 0.3 is 0 Å². The van der Waals surface area contributed by atoms with Gasteiger partial charge < -0.3 is 14.4 Å². The van der Waals surface area contributed by atoms with Crippen LogP contribution in [0.3, 0.4) is 0 Å². The molecule has 2 heterocycles. The number of rotatable bonds is 4. The lowest BCUT2D eigenvalue weighted by molar-refractivity contribution is 0.0616. The van der Waals surface area contributed by atoms with E-state index in [1.807, 2.05) is 6.92 Å². The maximum atomic E-state index is 9.48.